The van der Waals surface area contributed by atoms with Gasteiger partial charge < -0.3 is 10.1 Å². The highest BCUT2D eigenvalue weighted by Crippen LogP contribution is 2.31. The number of halogens is 2. The number of nitrogens with one attached hydrogen (secondary N) is 2. The molecule has 1 unspecified atom stereocenters. The van der Waals surface area contributed by atoms with E-state index in [4.69, 9.17) is 27.9 Å². The normalized spacial score (nSPS) is 17.4. The van der Waals surface area contributed by atoms with Crippen LogP contribution in [0.3, 0.4) is 0 Å². The lowest BCUT2D eigenvalue weighted by molar-refractivity contribution is -0.121. The van der Waals surface area contributed by atoms with Crippen LogP contribution in [0.4, 0.5) is 4.79 Å². The van der Waals surface area contributed by atoms with E-state index >= 15 is 0 Å². The number of amides is 3. The minimum atomic E-state index is -0.498. The van der Waals surface area contributed by atoms with Crippen molar-refractivity contribution in [3.8, 4) is 11.5 Å². The van der Waals surface area contributed by atoms with E-state index in [9.17, 15) is 9.59 Å². The molecule has 7 heteroatoms. The first-order valence-corrected chi connectivity index (χ1v) is 7.60. The van der Waals surface area contributed by atoms with Crippen molar-refractivity contribution >= 4 is 35.1 Å². The highest BCUT2D eigenvalue weighted by atomic mass is 35.5. The van der Waals surface area contributed by atoms with Gasteiger partial charge in [-0.15, -0.1) is 0 Å². The van der Waals surface area contributed by atoms with Crippen molar-refractivity contribution in [3.05, 3.63) is 58.1 Å². The lowest BCUT2D eigenvalue weighted by Gasteiger charge is -2.23. The second-order valence-corrected chi connectivity index (χ2v) is 5.84. The highest BCUT2D eigenvalue weighted by Gasteiger charge is 2.25. The Bertz CT molecular complexity index is 764. The van der Waals surface area contributed by atoms with Crippen LogP contribution in [0.1, 0.15) is 18.0 Å². The zero-order valence-corrected chi connectivity index (χ0v) is 13.3. The molecule has 1 aliphatic rings. The van der Waals surface area contributed by atoms with Crippen LogP contribution in [-0.4, -0.2) is 11.9 Å². The molecular weight excluding hydrogens is 339 g/mol. The molecule has 0 saturated carbocycles. The summed E-state index contributed by atoms with van der Waals surface area (Å²) in [6.07, 6.45) is 0.183. The summed E-state index contributed by atoms with van der Waals surface area (Å²) in [6.45, 7) is 0. The number of carbonyl (C=O) groups is 2. The molecule has 3 rings (SSSR count). The van der Waals surface area contributed by atoms with Crippen molar-refractivity contribution < 1.29 is 14.3 Å². The van der Waals surface area contributed by atoms with Crippen LogP contribution in [0.2, 0.25) is 10.0 Å². The summed E-state index contributed by atoms with van der Waals surface area (Å²) >= 11 is 11.8. The molecule has 0 aromatic heterocycles. The fourth-order valence-electron chi connectivity index (χ4n) is 2.28. The predicted molar refractivity (Wildman–Crippen MR) is 87.0 cm³/mol. The topological polar surface area (TPSA) is 67.4 Å². The number of carbonyl (C=O) groups excluding carboxylic acids is 2. The number of hydrogen-bond donors (Lipinski definition) is 2. The van der Waals surface area contributed by atoms with E-state index in [0.717, 1.165) is 5.56 Å². The van der Waals surface area contributed by atoms with E-state index in [-0.39, 0.29) is 18.4 Å². The standard InChI is InChI=1S/C16H12Cl2N2O3/c17-12-5-4-11(7-13(12)18)23-10-3-1-2-9(6-10)14-8-15(21)20-16(22)19-14/h1-7,14H,8H2,(H2,19,20,21,22). The van der Waals surface area contributed by atoms with Crippen LogP contribution in [0, 0.1) is 0 Å². The average Bonchev–Trinajstić information content (AvgIpc) is 2.50. The largest absolute Gasteiger partial charge is 0.457 e. The van der Waals surface area contributed by atoms with Crippen molar-refractivity contribution in [2.45, 2.75) is 12.5 Å². The van der Waals surface area contributed by atoms with Crippen LogP contribution in [0.25, 0.3) is 0 Å². The number of hydrogen-bond acceptors (Lipinski definition) is 3. The number of benzene rings is 2. The number of urea groups is 1. The Morgan fingerprint density at radius 3 is 2.52 bits per heavy atom. The van der Waals surface area contributed by atoms with Crippen molar-refractivity contribution in [1.29, 1.82) is 0 Å². The molecule has 0 aliphatic carbocycles. The van der Waals surface area contributed by atoms with Gasteiger partial charge in [-0.05, 0) is 29.8 Å². The third-order valence-corrected chi connectivity index (χ3v) is 4.07. The van der Waals surface area contributed by atoms with E-state index in [1.807, 2.05) is 6.07 Å². The van der Waals surface area contributed by atoms with Crippen LogP contribution in [0.5, 0.6) is 11.5 Å². The van der Waals surface area contributed by atoms with Crippen molar-refractivity contribution in [2.24, 2.45) is 0 Å². The molecule has 118 valence electrons. The van der Waals surface area contributed by atoms with Gasteiger partial charge in [0.1, 0.15) is 11.5 Å². The minimum absolute atomic E-state index is 0.183. The van der Waals surface area contributed by atoms with E-state index in [2.05, 4.69) is 10.6 Å². The Morgan fingerprint density at radius 2 is 1.78 bits per heavy atom. The van der Waals surface area contributed by atoms with Crippen LogP contribution >= 0.6 is 23.2 Å². The first-order valence-electron chi connectivity index (χ1n) is 6.84. The van der Waals surface area contributed by atoms with Crippen molar-refractivity contribution in [3.63, 3.8) is 0 Å². The van der Waals surface area contributed by atoms with E-state index in [1.54, 1.807) is 36.4 Å². The van der Waals surface area contributed by atoms with Gasteiger partial charge in [-0.2, -0.15) is 0 Å². The van der Waals surface area contributed by atoms with Gasteiger partial charge in [0, 0.05) is 6.07 Å². The summed E-state index contributed by atoms with van der Waals surface area (Å²) in [7, 11) is 0. The van der Waals surface area contributed by atoms with Crippen LogP contribution in [0.15, 0.2) is 42.5 Å². The molecular formula is C16H12Cl2N2O3. The number of imide groups is 1. The third-order valence-electron chi connectivity index (χ3n) is 3.34. The fourth-order valence-corrected chi connectivity index (χ4v) is 2.57. The molecule has 0 bridgehead atoms. The van der Waals surface area contributed by atoms with Gasteiger partial charge in [-0.1, -0.05) is 35.3 Å². The third kappa shape index (κ3) is 3.75. The summed E-state index contributed by atoms with van der Waals surface area (Å²) in [5.41, 5.74) is 0.783. The Balaban J connectivity index is 1.80. The minimum Gasteiger partial charge on any atom is -0.457 e. The summed E-state index contributed by atoms with van der Waals surface area (Å²) in [4.78, 5) is 22.9. The van der Waals surface area contributed by atoms with Gasteiger partial charge in [0.05, 0.1) is 22.5 Å². The fraction of sp³-hybridized carbons (Fsp3) is 0.125. The van der Waals surface area contributed by atoms with Crippen molar-refractivity contribution in [1.82, 2.24) is 10.6 Å². The molecule has 2 aromatic carbocycles. The molecule has 2 aromatic rings. The Morgan fingerprint density at radius 1 is 1.00 bits per heavy atom. The Hall–Kier alpha value is -2.24. The predicted octanol–water partition coefficient (Wildman–Crippen LogP) is 4.06. The van der Waals surface area contributed by atoms with E-state index in [1.165, 1.54) is 0 Å². The Kier molecular flexibility index (Phi) is 4.41. The molecule has 1 aliphatic heterocycles. The van der Waals surface area contributed by atoms with Gasteiger partial charge in [0.2, 0.25) is 5.91 Å². The first kappa shape index (κ1) is 15.6. The number of ether oxygens (including phenoxy) is 1. The highest BCUT2D eigenvalue weighted by molar-refractivity contribution is 6.42. The first-order chi connectivity index (χ1) is 11.0. The molecule has 2 N–H and O–H groups in total. The van der Waals surface area contributed by atoms with Crippen LogP contribution in [-0.2, 0) is 4.79 Å². The summed E-state index contributed by atoms with van der Waals surface area (Å²) in [6, 6.07) is 11.3. The molecule has 0 spiro atoms. The smallest absolute Gasteiger partial charge is 0.321 e. The maximum atomic E-state index is 11.5. The Labute approximate surface area is 142 Å². The van der Waals surface area contributed by atoms with Gasteiger partial charge in [-0.3, -0.25) is 10.1 Å². The zero-order valence-electron chi connectivity index (χ0n) is 11.8. The van der Waals surface area contributed by atoms with Gasteiger partial charge in [-0.25, -0.2) is 4.79 Å². The molecule has 3 amide bonds. The van der Waals surface area contributed by atoms with Gasteiger partial charge in [0.15, 0.2) is 0 Å². The lowest BCUT2D eigenvalue weighted by Crippen LogP contribution is -2.48. The van der Waals surface area contributed by atoms with Crippen LogP contribution < -0.4 is 15.4 Å². The zero-order chi connectivity index (χ0) is 16.4. The molecule has 5 nitrogen and oxygen atoms in total. The maximum Gasteiger partial charge on any atom is 0.321 e. The van der Waals surface area contributed by atoms with Gasteiger partial charge in [0.25, 0.3) is 0 Å². The quantitative estimate of drug-likeness (QED) is 0.877. The molecule has 0 radical (unpaired) electrons. The monoisotopic (exact) mass is 350 g/mol. The molecule has 1 saturated heterocycles. The average molecular weight is 351 g/mol. The van der Waals surface area contributed by atoms with E-state index < -0.39 is 6.03 Å². The molecule has 1 fully saturated rings. The number of rotatable bonds is 3. The molecule has 1 atom stereocenters. The molecule has 1 heterocycles. The van der Waals surface area contributed by atoms with Crippen molar-refractivity contribution in [2.75, 3.05) is 0 Å². The maximum absolute atomic E-state index is 11.5. The van der Waals surface area contributed by atoms with Gasteiger partial charge >= 0.3 is 6.03 Å². The summed E-state index contributed by atoms with van der Waals surface area (Å²) in [5, 5.41) is 5.75. The lowest BCUT2D eigenvalue weighted by atomic mass is 10.0. The second kappa shape index (κ2) is 6.48. The second-order valence-electron chi connectivity index (χ2n) is 5.03. The SMILES string of the molecule is O=C1CC(c2cccc(Oc3ccc(Cl)c(Cl)c3)c2)NC(=O)N1. The summed E-state index contributed by atoms with van der Waals surface area (Å²) < 4.78 is 5.74. The van der Waals surface area contributed by atoms with E-state index in [0.29, 0.717) is 21.5 Å². The molecule has 23 heavy (non-hydrogen) atoms. The summed E-state index contributed by atoms with van der Waals surface area (Å²) in [5.74, 6) is 0.803.